The monoisotopic (exact) mass is 451 g/mol. The average molecular weight is 452 g/mol. The average Bonchev–Trinajstić information content (AvgIpc) is 3.29. The maximum absolute atomic E-state index is 13.7. The molecule has 7 atom stereocenters. The van der Waals surface area contributed by atoms with Gasteiger partial charge in [-0.2, -0.15) is 0 Å². The molecule has 3 aliphatic carbocycles. The molecule has 0 amide bonds. The van der Waals surface area contributed by atoms with Gasteiger partial charge in [0.25, 0.3) is 0 Å². The number of aliphatic hydroxyl groups is 2. The highest BCUT2D eigenvalue weighted by atomic mass is 19.3. The van der Waals surface area contributed by atoms with E-state index in [-0.39, 0.29) is 0 Å². The predicted octanol–water partition coefficient (Wildman–Crippen LogP) is 5.57. The molecule has 0 spiro atoms. The molecule has 4 fully saturated rings. The second-order valence-electron chi connectivity index (χ2n) is 11.8. The van der Waals surface area contributed by atoms with E-state index in [2.05, 4.69) is 30.9 Å². The molecule has 1 aliphatic heterocycles. The fourth-order valence-electron chi connectivity index (χ4n) is 7.69. The van der Waals surface area contributed by atoms with Crippen molar-refractivity contribution in [2.24, 2.45) is 29.1 Å². The second kappa shape index (κ2) is 9.46. The lowest BCUT2D eigenvalue weighted by Gasteiger charge is -2.45. The summed E-state index contributed by atoms with van der Waals surface area (Å²) in [4.78, 5) is 2.28. The van der Waals surface area contributed by atoms with Gasteiger partial charge >= 0.3 is 0 Å². The number of allylic oxidation sites excluding steroid dienone is 3. The highest BCUT2D eigenvalue weighted by Gasteiger charge is 2.51. The fraction of sp³-hybridized carbons (Fsp3) is 0.852. The molecule has 5 heteroatoms. The number of hydrogen-bond acceptors (Lipinski definition) is 3. The Morgan fingerprint density at radius 2 is 1.88 bits per heavy atom. The van der Waals surface area contributed by atoms with Crippen molar-refractivity contribution in [3.63, 3.8) is 0 Å². The molecule has 0 aromatic rings. The summed E-state index contributed by atoms with van der Waals surface area (Å²) in [6, 6.07) is 0. The summed E-state index contributed by atoms with van der Waals surface area (Å²) in [7, 11) is 0. The van der Waals surface area contributed by atoms with E-state index in [4.69, 9.17) is 0 Å². The molecule has 1 heterocycles. The van der Waals surface area contributed by atoms with E-state index >= 15 is 0 Å². The van der Waals surface area contributed by atoms with Gasteiger partial charge in [-0.25, -0.2) is 8.78 Å². The molecule has 0 radical (unpaired) electrons. The summed E-state index contributed by atoms with van der Waals surface area (Å²) in [6.45, 7) is 8.19. The van der Waals surface area contributed by atoms with Crippen LogP contribution in [0.25, 0.3) is 0 Å². The third-order valence-corrected chi connectivity index (χ3v) is 9.33. The van der Waals surface area contributed by atoms with E-state index in [0.29, 0.717) is 55.4 Å². The molecule has 4 rings (SSSR count). The molecule has 0 unspecified atom stereocenters. The van der Waals surface area contributed by atoms with Crippen molar-refractivity contribution in [2.45, 2.75) is 96.7 Å². The molecule has 182 valence electrons. The smallest absolute Gasteiger partial charge is 0.249 e. The molecule has 1 saturated heterocycles. The van der Waals surface area contributed by atoms with Crippen molar-refractivity contribution in [1.29, 1.82) is 0 Å². The second-order valence-corrected chi connectivity index (χ2v) is 11.8. The number of alkyl halides is 2. The first kappa shape index (κ1) is 24.3. The Labute approximate surface area is 193 Å². The van der Waals surface area contributed by atoms with E-state index in [1.807, 2.05) is 0 Å². The third kappa shape index (κ3) is 5.15. The van der Waals surface area contributed by atoms with Crippen LogP contribution in [0, 0.1) is 29.1 Å². The minimum absolute atomic E-state index is 0.293. The van der Waals surface area contributed by atoms with Crippen LogP contribution in [-0.4, -0.2) is 52.9 Å². The summed E-state index contributed by atoms with van der Waals surface area (Å²) in [5.74, 6) is -1.29. The lowest BCUT2D eigenvalue weighted by Crippen LogP contribution is -2.40. The maximum Gasteiger partial charge on any atom is 0.249 e. The van der Waals surface area contributed by atoms with Gasteiger partial charge in [0.2, 0.25) is 5.92 Å². The zero-order valence-corrected chi connectivity index (χ0v) is 20.2. The minimum Gasteiger partial charge on any atom is -0.393 e. The number of nitrogens with zero attached hydrogens (tertiary/aromatic N) is 1. The molecular weight excluding hydrogens is 408 g/mol. The highest BCUT2D eigenvalue weighted by molar-refractivity contribution is 5.26. The quantitative estimate of drug-likeness (QED) is 0.574. The first-order chi connectivity index (χ1) is 15.1. The van der Waals surface area contributed by atoms with Crippen LogP contribution in [-0.2, 0) is 0 Å². The Balaban J connectivity index is 1.41. The summed E-state index contributed by atoms with van der Waals surface area (Å²) in [5, 5.41) is 20.0. The summed E-state index contributed by atoms with van der Waals surface area (Å²) < 4.78 is 27.5. The van der Waals surface area contributed by atoms with Crippen molar-refractivity contribution >= 4 is 0 Å². The molecule has 3 nitrogen and oxygen atoms in total. The standard InChI is InChI=1S/C27H43F2NO2/c1-18(16-30-12-10-21(17-30)27(3,28)29)24-8-9-25-20(5-4-11-26(24,25)2)7-6-19-13-22(31)15-23(32)14-19/h6-7,18,21-25,31-32H,4-5,8-17H2,1-3H3/b20-7+/t18-,21-,22+,23+,24+,25-,26+/m0/s1. The van der Waals surface area contributed by atoms with Gasteiger partial charge in [0, 0.05) is 19.0 Å². The minimum atomic E-state index is -2.57. The van der Waals surface area contributed by atoms with Crippen LogP contribution in [0.1, 0.15) is 78.6 Å². The number of rotatable bonds is 5. The van der Waals surface area contributed by atoms with Crippen molar-refractivity contribution in [3.05, 3.63) is 23.3 Å². The van der Waals surface area contributed by atoms with Crippen LogP contribution in [0.15, 0.2) is 23.3 Å². The van der Waals surface area contributed by atoms with E-state index in [1.165, 1.54) is 25.7 Å². The lowest BCUT2D eigenvalue weighted by molar-refractivity contribution is -0.0360. The number of fused-ring (bicyclic) bond motifs is 1. The Kier molecular flexibility index (Phi) is 7.20. The SMILES string of the molecule is C[C@@H](CN1CC[C@H](C(C)(F)F)C1)[C@H]1CC[C@H]2/C(=C/C=C3C[C@@H](O)C[C@H](O)C3)CCC[C@]12C. The normalized spacial score (nSPS) is 41.2. The summed E-state index contributed by atoms with van der Waals surface area (Å²) in [5.41, 5.74) is 3.00. The molecule has 32 heavy (non-hydrogen) atoms. The molecule has 4 aliphatic rings. The summed E-state index contributed by atoms with van der Waals surface area (Å²) >= 11 is 0. The first-order valence-electron chi connectivity index (χ1n) is 12.9. The number of aliphatic hydroxyl groups excluding tert-OH is 2. The van der Waals surface area contributed by atoms with E-state index in [9.17, 15) is 19.0 Å². The number of halogens is 2. The van der Waals surface area contributed by atoms with Gasteiger partial charge in [-0.1, -0.05) is 37.1 Å². The van der Waals surface area contributed by atoms with Crippen molar-refractivity contribution in [2.75, 3.05) is 19.6 Å². The zero-order valence-electron chi connectivity index (χ0n) is 20.2. The molecule has 3 saturated carbocycles. The van der Waals surface area contributed by atoms with Gasteiger partial charge in [0.1, 0.15) is 0 Å². The van der Waals surface area contributed by atoms with Crippen molar-refractivity contribution in [3.8, 4) is 0 Å². The maximum atomic E-state index is 13.7. The van der Waals surface area contributed by atoms with Crippen molar-refractivity contribution < 1.29 is 19.0 Å². The van der Waals surface area contributed by atoms with E-state index < -0.39 is 24.0 Å². The summed E-state index contributed by atoms with van der Waals surface area (Å²) in [6.07, 6.45) is 12.2. The van der Waals surface area contributed by atoms with E-state index in [1.54, 1.807) is 5.57 Å². The zero-order chi connectivity index (χ0) is 23.1. The van der Waals surface area contributed by atoms with Gasteiger partial charge < -0.3 is 15.1 Å². The fourth-order valence-corrected chi connectivity index (χ4v) is 7.69. The first-order valence-corrected chi connectivity index (χ1v) is 12.9. The number of likely N-dealkylation sites (tertiary alicyclic amines) is 1. The molecule has 0 aromatic carbocycles. The van der Waals surface area contributed by atoms with Crippen LogP contribution in [0.5, 0.6) is 0 Å². The van der Waals surface area contributed by atoms with Crippen LogP contribution >= 0.6 is 0 Å². The molecule has 0 bridgehead atoms. The van der Waals surface area contributed by atoms with Gasteiger partial charge in [0.05, 0.1) is 12.2 Å². The Morgan fingerprint density at radius 1 is 1.16 bits per heavy atom. The van der Waals surface area contributed by atoms with Crippen LogP contribution in [0.4, 0.5) is 8.78 Å². The Bertz CT molecular complexity index is 718. The topological polar surface area (TPSA) is 43.7 Å². The predicted molar refractivity (Wildman–Crippen MR) is 125 cm³/mol. The van der Waals surface area contributed by atoms with Gasteiger partial charge in [-0.05, 0) is 94.4 Å². The largest absolute Gasteiger partial charge is 0.393 e. The molecule has 2 N–H and O–H groups in total. The van der Waals surface area contributed by atoms with Gasteiger partial charge in [-0.3, -0.25) is 0 Å². The lowest BCUT2D eigenvalue weighted by atomic mass is 9.61. The highest BCUT2D eigenvalue weighted by Crippen LogP contribution is 2.59. The van der Waals surface area contributed by atoms with Crippen LogP contribution < -0.4 is 0 Å². The van der Waals surface area contributed by atoms with Crippen LogP contribution in [0.2, 0.25) is 0 Å². The third-order valence-electron chi connectivity index (χ3n) is 9.33. The van der Waals surface area contributed by atoms with E-state index in [0.717, 1.165) is 32.0 Å². The Hall–Kier alpha value is -0.780. The van der Waals surface area contributed by atoms with Gasteiger partial charge in [-0.15, -0.1) is 0 Å². The molecule has 0 aromatic heterocycles. The number of hydrogen-bond donors (Lipinski definition) is 2. The molecular formula is C27H43F2NO2. The Morgan fingerprint density at radius 3 is 2.53 bits per heavy atom. The van der Waals surface area contributed by atoms with Crippen molar-refractivity contribution in [1.82, 2.24) is 4.90 Å². The van der Waals surface area contributed by atoms with Gasteiger partial charge in [0.15, 0.2) is 0 Å². The van der Waals surface area contributed by atoms with Crippen LogP contribution in [0.3, 0.4) is 0 Å².